The average molecular weight is 371 g/mol. The summed E-state index contributed by atoms with van der Waals surface area (Å²) in [6.07, 6.45) is 2.72. The quantitative estimate of drug-likeness (QED) is 0.864. The van der Waals surface area contributed by atoms with Crippen LogP contribution < -0.4 is 19.1 Å². The summed E-state index contributed by atoms with van der Waals surface area (Å²) >= 11 is 1.57. The predicted octanol–water partition coefficient (Wildman–Crippen LogP) is 1.83. The number of methoxy groups -OCH3 is 2. The maximum Gasteiger partial charge on any atom is 0.208 e. The summed E-state index contributed by atoms with van der Waals surface area (Å²) in [7, 11) is 0.110. The van der Waals surface area contributed by atoms with Gasteiger partial charge in [0.1, 0.15) is 21.7 Å². The molecule has 0 bridgehead atoms. The Hall–Kier alpha value is -1.58. The summed E-state index contributed by atoms with van der Waals surface area (Å²) < 4.78 is 37.1. The number of sulfonamides is 1. The van der Waals surface area contributed by atoms with Gasteiger partial charge in [-0.2, -0.15) is 0 Å². The molecule has 132 valence electrons. The Kier molecular flexibility index (Phi) is 4.84. The largest absolute Gasteiger partial charge is 0.495 e. The van der Waals surface area contributed by atoms with Gasteiger partial charge in [0.05, 0.1) is 20.5 Å². The molecule has 0 unspecified atom stereocenters. The lowest BCUT2D eigenvalue weighted by atomic mass is 10.1. The Morgan fingerprint density at radius 1 is 1.21 bits per heavy atom. The molecule has 1 saturated heterocycles. The first-order valence-corrected chi connectivity index (χ1v) is 10.4. The number of nitrogens with zero attached hydrogens (tertiary/aromatic N) is 2. The summed E-state index contributed by atoms with van der Waals surface area (Å²) in [6.45, 7) is 1.52. The van der Waals surface area contributed by atoms with Crippen LogP contribution in [0, 0.1) is 0 Å². The SMILES string of the molecule is COc1ccc(OC)c2sc(N3CCC(NS(C)(=O)=O)CC3)nc12. The molecule has 24 heavy (non-hydrogen) atoms. The van der Waals surface area contributed by atoms with Crippen LogP contribution in [0.5, 0.6) is 11.5 Å². The number of rotatable bonds is 5. The second-order valence-corrected chi connectivity index (χ2v) is 8.55. The van der Waals surface area contributed by atoms with E-state index in [1.54, 1.807) is 25.6 Å². The molecule has 9 heteroatoms. The van der Waals surface area contributed by atoms with Gasteiger partial charge in [0.2, 0.25) is 10.0 Å². The lowest BCUT2D eigenvalue weighted by Gasteiger charge is -2.31. The molecule has 1 aromatic carbocycles. The van der Waals surface area contributed by atoms with Gasteiger partial charge in [-0.15, -0.1) is 0 Å². The van der Waals surface area contributed by atoms with Crippen LogP contribution >= 0.6 is 11.3 Å². The number of fused-ring (bicyclic) bond motifs is 1. The Labute approximate surface area is 145 Å². The van der Waals surface area contributed by atoms with Crippen molar-refractivity contribution in [2.24, 2.45) is 0 Å². The highest BCUT2D eigenvalue weighted by Crippen LogP contribution is 2.40. The zero-order chi connectivity index (χ0) is 17.3. The standard InChI is InChI=1S/C15H21N3O4S2/c1-21-11-4-5-12(22-2)14-13(11)16-15(23-14)18-8-6-10(7-9-18)17-24(3,19)20/h4-5,10,17H,6-9H2,1-3H3. The number of hydrogen-bond donors (Lipinski definition) is 1. The number of benzene rings is 1. The van der Waals surface area contributed by atoms with E-state index in [-0.39, 0.29) is 6.04 Å². The second kappa shape index (κ2) is 6.73. The summed E-state index contributed by atoms with van der Waals surface area (Å²) in [5.74, 6) is 1.50. The minimum absolute atomic E-state index is 0.00491. The van der Waals surface area contributed by atoms with Crippen molar-refractivity contribution in [2.45, 2.75) is 18.9 Å². The first-order valence-electron chi connectivity index (χ1n) is 7.65. The highest BCUT2D eigenvalue weighted by atomic mass is 32.2. The summed E-state index contributed by atoms with van der Waals surface area (Å²) in [5, 5.41) is 0.908. The van der Waals surface area contributed by atoms with E-state index in [9.17, 15) is 8.42 Å². The molecular formula is C15H21N3O4S2. The molecule has 0 amide bonds. The van der Waals surface area contributed by atoms with E-state index in [1.165, 1.54) is 6.26 Å². The number of piperidine rings is 1. The van der Waals surface area contributed by atoms with Crippen molar-refractivity contribution in [3.8, 4) is 11.5 Å². The average Bonchev–Trinajstić information content (AvgIpc) is 2.98. The van der Waals surface area contributed by atoms with Gasteiger partial charge < -0.3 is 14.4 Å². The van der Waals surface area contributed by atoms with Gasteiger partial charge in [-0.3, -0.25) is 0 Å². The molecule has 1 fully saturated rings. The Balaban J connectivity index is 1.81. The molecule has 7 nitrogen and oxygen atoms in total. The van der Waals surface area contributed by atoms with E-state index in [4.69, 9.17) is 14.5 Å². The zero-order valence-electron chi connectivity index (χ0n) is 13.9. The van der Waals surface area contributed by atoms with Crippen LogP contribution in [0.15, 0.2) is 12.1 Å². The van der Waals surface area contributed by atoms with Gasteiger partial charge in [-0.1, -0.05) is 11.3 Å². The molecule has 3 rings (SSSR count). The van der Waals surface area contributed by atoms with Gasteiger partial charge >= 0.3 is 0 Å². The summed E-state index contributed by atoms with van der Waals surface area (Å²) in [4.78, 5) is 6.90. The Morgan fingerprint density at radius 2 is 1.83 bits per heavy atom. The second-order valence-electron chi connectivity index (χ2n) is 5.80. The molecule has 1 aliphatic rings. The van der Waals surface area contributed by atoms with E-state index < -0.39 is 10.0 Å². The van der Waals surface area contributed by atoms with Gasteiger partial charge in [0, 0.05) is 19.1 Å². The van der Waals surface area contributed by atoms with Crippen molar-refractivity contribution in [1.82, 2.24) is 9.71 Å². The smallest absolute Gasteiger partial charge is 0.208 e. The number of aromatic nitrogens is 1. The maximum atomic E-state index is 11.3. The molecule has 2 aromatic rings. The van der Waals surface area contributed by atoms with Crippen LogP contribution in [0.2, 0.25) is 0 Å². The van der Waals surface area contributed by atoms with Gasteiger partial charge in [-0.05, 0) is 25.0 Å². The van der Waals surface area contributed by atoms with Crippen molar-refractivity contribution in [1.29, 1.82) is 0 Å². The minimum Gasteiger partial charge on any atom is -0.495 e. The molecule has 0 saturated carbocycles. The third kappa shape index (κ3) is 3.57. The Morgan fingerprint density at radius 3 is 2.42 bits per heavy atom. The first-order chi connectivity index (χ1) is 11.4. The summed E-state index contributed by atoms with van der Waals surface area (Å²) in [6, 6.07) is 3.73. The fourth-order valence-electron chi connectivity index (χ4n) is 2.90. The van der Waals surface area contributed by atoms with Crippen LogP contribution in [0.4, 0.5) is 5.13 Å². The van der Waals surface area contributed by atoms with Crippen LogP contribution in [0.25, 0.3) is 10.2 Å². The van der Waals surface area contributed by atoms with E-state index in [0.29, 0.717) is 0 Å². The molecule has 1 aliphatic heterocycles. The number of nitrogens with one attached hydrogen (secondary N) is 1. The summed E-state index contributed by atoms with van der Waals surface area (Å²) in [5.41, 5.74) is 0.799. The third-order valence-corrected chi connectivity index (χ3v) is 5.94. The molecular weight excluding hydrogens is 350 g/mol. The van der Waals surface area contributed by atoms with Crippen molar-refractivity contribution in [3.63, 3.8) is 0 Å². The number of hydrogen-bond acceptors (Lipinski definition) is 7. The minimum atomic E-state index is -3.16. The van der Waals surface area contributed by atoms with Gasteiger partial charge in [0.25, 0.3) is 0 Å². The van der Waals surface area contributed by atoms with Crippen molar-refractivity contribution >= 4 is 36.7 Å². The first kappa shape index (κ1) is 17.2. The van der Waals surface area contributed by atoms with E-state index in [1.807, 2.05) is 12.1 Å². The fraction of sp³-hybridized carbons (Fsp3) is 0.533. The van der Waals surface area contributed by atoms with E-state index in [2.05, 4.69) is 9.62 Å². The van der Waals surface area contributed by atoms with Crippen LogP contribution in [-0.4, -0.2) is 53.0 Å². The number of anilines is 1. The lowest BCUT2D eigenvalue weighted by Crippen LogP contribution is -2.44. The van der Waals surface area contributed by atoms with Crippen LogP contribution in [-0.2, 0) is 10.0 Å². The molecule has 1 N–H and O–H groups in total. The topological polar surface area (TPSA) is 80.8 Å². The van der Waals surface area contributed by atoms with Crippen molar-refractivity contribution in [2.75, 3.05) is 38.5 Å². The lowest BCUT2D eigenvalue weighted by molar-refractivity contribution is 0.410. The van der Waals surface area contributed by atoms with Crippen molar-refractivity contribution in [3.05, 3.63) is 12.1 Å². The van der Waals surface area contributed by atoms with Crippen molar-refractivity contribution < 1.29 is 17.9 Å². The maximum absolute atomic E-state index is 11.3. The number of thiazole rings is 1. The number of ether oxygens (including phenoxy) is 2. The Bertz CT molecular complexity index is 786. The van der Waals surface area contributed by atoms with Gasteiger partial charge in [-0.25, -0.2) is 18.1 Å². The molecule has 1 aromatic heterocycles. The highest BCUT2D eigenvalue weighted by molar-refractivity contribution is 7.88. The zero-order valence-corrected chi connectivity index (χ0v) is 15.5. The monoisotopic (exact) mass is 371 g/mol. The van der Waals surface area contributed by atoms with Crippen LogP contribution in [0.3, 0.4) is 0 Å². The normalized spacial score (nSPS) is 16.5. The van der Waals surface area contributed by atoms with E-state index in [0.717, 1.165) is 52.8 Å². The van der Waals surface area contributed by atoms with E-state index >= 15 is 0 Å². The third-order valence-electron chi connectivity index (χ3n) is 4.05. The molecule has 0 radical (unpaired) electrons. The molecule has 0 atom stereocenters. The highest BCUT2D eigenvalue weighted by Gasteiger charge is 2.24. The molecule has 2 heterocycles. The van der Waals surface area contributed by atoms with Crippen LogP contribution in [0.1, 0.15) is 12.8 Å². The molecule has 0 spiro atoms. The molecule has 0 aliphatic carbocycles. The fourth-order valence-corrected chi connectivity index (χ4v) is 4.87. The van der Waals surface area contributed by atoms with Gasteiger partial charge in [0.15, 0.2) is 5.13 Å². The predicted molar refractivity (Wildman–Crippen MR) is 95.9 cm³/mol.